The Morgan fingerprint density at radius 3 is 2.48 bits per heavy atom. The molecular weight excluding hydrogens is 354 g/mol. The van der Waals surface area contributed by atoms with E-state index in [0.29, 0.717) is 5.02 Å². The van der Waals surface area contributed by atoms with Crippen molar-refractivity contribution in [3.8, 4) is 21.1 Å². The highest BCUT2D eigenvalue weighted by Crippen LogP contribution is 2.41. The van der Waals surface area contributed by atoms with Crippen molar-refractivity contribution in [1.29, 1.82) is 0 Å². The van der Waals surface area contributed by atoms with Gasteiger partial charge < -0.3 is 10.1 Å². The molecule has 0 aliphatic rings. The Balaban J connectivity index is 1.82. The average Bonchev–Trinajstić information content (AvgIpc) is 3.32. The third-order valence-corrected chi connectivity index (χ3v) is 5.38. The number of thiophene rings is 1. The van der Waals surface area contributed by atoms with E-state index in [1.165, 1.54) is 0 Å². The predicted octanol–water partition coefficient (Wildman–Crippen LogP) is 4.94. The summed E-state index contributed by atoms with van der Waals surface area (Å²) in [5.74, 6) is 0.744. The van der Waals surface area contributed by atoms with Gasteiger partial charge in [0.15, 0.2) is 0 Å². The van der Waals surface area contributed by atoms with Gasteiger partial charge in [0.05, 0.1) is 4.88 Å². The maximum atomic E-state index is 10.9. The number of hydrogen-bond donors (Lipinski definition) is 2. The first-order valence-electron chi connectivity index (χ1n) is 7.70. The molecule has 0 fully saturated rings. The molecule has 1 atom stereocenters. The number of halogens is 1. The van der Waals surface area contributed by atoms with Crippen LogP contribution in [0.25, 0.3) is 21.1 Å². The Bertz CT molecular complexity index is 966. The van der Waals surface area contributed by atoms with Crippen LogP contribution in [0.1, 0.15) is 17.2 Å². The van der Waals surface area contributed by atoms with Gasteiger partial charge in [-0.3, -0.25) is 4.98 Å². The summed E-state index contributed by atoms with van der Waals surface area (Å²) in [6.07, 6.45) is 6.25. The predicted molar refractivity (Wildman–Crippen MR) is 101 cm³/mol. The average molecular weight is 368 g/mol. The number of nitrogens with one attached hydrogen (secondary N) is 1. The first-order chi connectivity index (χ1) is 12.2. The van der Waals surface area contributed by atoms with Crippen molar-refractivity contribution < 1.29 is 5.11 Å². The summed E-state index contributed by atoms with van der Waals surface area (Å²) in [7, 11) is 0. The topological polar surface area (TPSA) is 61.8 Å². The number of nitrogens with zero attached hydrogens (tertiary/aromatic N) is 2. The number of benzene rings is 1. The summed E-state index contributed by atoms with van der Waals surface area (Å²) in [5.41, 5.74) is 2.66. The van der Waals surface area contributed by atoms with Gasteiger partial charge in [0.2, 0.25) is 0 Å². The maximum absolute atomic E-state index is 10.9. The maximum Gasteiger partial charge on any atom is 0.147 e. The van der Waals surface area contributed by atoms with Gasteiger partial charge in [-0.05, 0) is 41.5 Å². The molecule has 0 bridgehead atoms. The number of H-pyrrole nitrogens is 1. The summed E-state index contributed by atoms with van der Waals surface area (Å²) in [5, 5.41) is 11.6. The van der Waals surface area contributed by atoms with Crippen LogP contribution < -0.4 is 0 Å². The Morgan fingerprint density at radius 2 is 1.80 bits per heavy atom. The first kappa shape index (κ1) is 16.0. The Labute approximate surface area is 153 Å². The van der Waals surface area contributed by atoms with Crippen molar-refractivity contribution in [1.82, 2.24) is 15.0 Å². The van der Waals surface area contributed by atoms with Gasteiger partial charge in [0, 0.05) is 40.3 Å². The van der Waals surface area contributed by atoms with E-state index in [-0.39, 0.29) is 0 Å². The second-order valence-electron chi connectivity index (χ2n) is 5.52. The van der Waals surface area contributed by atoms with Gasteiger partial charge >= 0.3 is 0 Å². The molecule has 0 amide bonds. The van der Waals surface area contributed by atoms with E-state index in [1.54, 1.807) is 48.3 Å². The number of aromatic nitrogens is 3. The van der Waals surface area contributed by atoms with Gasteiger partial charge in [0.25, 0.3) is 0 Å². The molecule has 0 saturated heterocycles. The van der Waals surface area contributed by atoms with Gasteiger partial charge in [-0.2, -0.15) is 0 Å². The summed E-state index contributed by atoms with van der Waals surface area (Å²) < 4.78 is 0. The van der Waals surface area contributed by atoms with Crippen LogP contribution in [0.5, 0.6) is 0 Å². The van der Waals surface area contributed by atoms with Crippen LogP contribution in [-0.2, 0) is 0 Å². The van der Waals surface area contributed by atoms with E-state index in [1.807, 2.05) is 30.3 Å². The van der Waals surface area contributed by atoms with Crippen LogP contribution in [0.2, 0.25) is 5.02 Å². The van der Waals surface area contributed by atoms with Crippen molar-refractivity contribution in [3.05, 3.63) is 83.4 Å². The lowest BCUT2D eigenvalue weighted by atomic mass is 10.0. The molecule has 0 radical (unpaired) electrons. The molecule has 3 heterocycles. The van der Waals surface area contributed by atoms with Crippen LogP contribution in [0.4, 0.5) is 0 Å². The molecule has 124 valence electrons. The third-order valence-electron chi connectivity index (χ3n) is 3.92. The fourth-order valence-corrected chi connectivity index (χ4v) is 3.95. The minimum absolute atomic E-state index is 0.644. The highest BCUT2D eigenvalue weighted by Gasteiger charge is 2.21. The lowest BCUT2D eigenvalue weighted by molar-refractivity contribution is 0.221. The van der Waals surface area contributed by atoms with Crippen molar-refractivity contribution in [2.24, 2.45) is 0 Å². The fraction of sp³-hybridized carbons (Fsp3) is 0.0526. The molecule has 0 saturated carbocycles. The zero-order chi connectivity index (χ0) is 17.2. The molecule has 0 aliphatic carbocycles. The van der Waals surface area contributed by atoms with Crippen molar-refractivity contribution >= 4 is 22.9 Å². The van der Waals surface area contributed by atoms with Crippen molar-refractivity contribution in [2.45, 2.75) is 6.10 Å². The number of aliphatic hydroxyl groups excluding tert-OH is 1. The number of rotatable bonds is 4. The summed E-state index contributed by atoms with van der Waals surface area (Å²) >= 11 is 7.55. The zero-order valence-electron chi connectivity index (χ0n) is 13.1. The minimum atomic E-state index is -0.760. The van der Waals surface area contributed by atoms with Gasteiger partial charge in [0.1, 0.15) is 11.9 Å². The van der Waals surface area contributed by atoms with Crippen LogP contribution in [0.15, 0.2) is 67.3 Å². The molecule has 1 aromatic carbocycles. The lowest BCUT2D eigenvalue weighted by Gasteiger charge is -2.11. The van der Waals surface area contributed by atoms with E-state index in [2.05, 4.69) is 15.0 Å². The first-order valence-corrected chi connectivity index (χ1v) is 8.89. The molecule has 0 spiro atoms. The highest BCUT2D eigenvalue weighted by atomic mass is 35.5. The quantitative estimate of drug-likeness (QED) is 0.537. The minimum Gasteiger partial charge on any atom is -0.384 e. The monoisotopic (exact) mass is 367 g/mol. The lowest BCUT2D eigenvalue weighted by Crippen LogP contribution is -1.99. The van der Waals surface area contributed by atoms with E-state index < -0.39 is 6.10 Å². The Kier molecular flexibility index (Phi) is 4.36. The van der Waals surface area contributed by atoms with E-state index >= 15 is 0 Å². The molecule has 0 unspecified atom stereocenters. The molecule has 4 aromatic rings. The number of imidazole rings is 1. The SMILES string of the molecule is O[C@@H](c1ccc(Cl)cc1)c1cc(-c2ccncc2)sc1-c1ncc[nH]1. The fourth-order valence-electron chi connectivity index (χ4n) is 2.67. The van der Waals surface area contributed by atoms with Crippen LogP contribution in [0, 0.1) is 0 Å². The largest absolute Gasteiger partial charge is 0.384 e. The molecule has 3 aromatic heterocycles. The van der Waals surface area contributed by atoms with Gasteiger partial charge in [-0.15, -0.1) is 11.3 Å². The van der Waals surface area contributed by atoms with Crippen LogP contribution in [-0.4, -0.2) is 20.1 Å². The normalized spacial score (nSPS) is 12.2. The smallest absolute Gasteiger partial charge is 0.147 e. The highest BCUT2D eigenvalue weighted by molar-refractivity contribution is 7.19. The second-order valence-corrected chi connectivity index (χ2v) is 7.01. The number of hydrogen-bond acceptors (Lipinski definition) is 4. The number of aromatic amines is 1. The molecule has 6 heteroatoms. The molecule has 4 nitrogen and oxygen atoms in total. The summed E-state index contributed by atoms with van der Waals surface area (Å²) in [6.45, 7) is 0. The van der Waals surface area contributed by atoms with Crippen molar-refractivity contribution in [3.63, 3.8) is 0 Å². The second kappa shape index (κ2) is 6.80. The standard InChI is InChI=1S/C19H14ClN3OS/c20-14-3-1-13(2-4-14)17(24)15-11-16(12-5-7-21-8-6-12)25-18(15)19-22-9-10-23-19/h1-11,17,24H,(H,22,23)/t17-/m0/s1. The summed E-state index contributed by atoms with van der Waals surface area (Å²) in [6, 6.07) is 13.2. The molecule has 2 N–H and O–H groups in total. The van der Waals surface area contributed by atoms with E-state index in [4.69, 9.17) is 11.6 Å². The number of aliphatic hydroxyl groups is 1. The van der Waals surface area contributed by atoms with Crippen LogP contribution in [0.3, 0.4) is 0 Å². The molecule has 4 rings (SSSR count). The molecular formula is C19H14ClN3OS. The summed E-state index contributed by atoms with van der Waals surface area (Å²) in [4.78, 5) is 13.5. The van der Waals surface area contributed by atoms with E-state index in [9.17, 15) is 5.11 Å². The van der Waals surface area contributed by atoms with Gasteiger partial charge in [-0.1, -0.05) is 23.7 Å². The Hall–Kier alpha value is -2.47. The molecule has 0 aliphatic heterocycles. The van der Waals surface area contributed by atoms with Gasteiger partial charge in [-0.25, -0.2) is 4.98 Å². The third kappa shape index (κ3) is 3.22. The van der Waals surface area contributed by atoms with Crippen molar-refractivity contribution in [2.75, 3.05) is 0 Å². The Morgan fingerprint density at radius 1 is 1.04 bits per heavy atom. The number of pyridine rings is 1. The van der Waals surface area contributed by atoms with E-state index in [0.717, 1.165) is 32.3 Å². The zero-order valence-corrected chi connectivity index (χ0v) is 14.6. The molecule has 25 heavy (non-hydrogen) atoms. The van der Waals surface area contributed by atoms with Crippen LogP contribution >= 0.6 is 22.9 Å².